The molecule has 0 unspecified atom stereocenters. The fourth-order valence-electron chi connectivity index (χ4n) is 1.38. The van der Waals surface area contributed by atoms with E-state index >= 15 is 0 Å². The molecule has 0 saturated carbocycles. The molecule has 1 rings (SSSR count). The molecule has 0 aliphatic carbocycles. The molecule has 0 bridgehead atoms. The fraction of sp³-hybridized carbons (Fsp3) is 0.875. The minimum Gasteiger partial charge on any atom is -0.354 e. The van der Waals surface area contributed by atoms with Gasteiger partial charge in [0.05, 0.1) is 0 Å². The fourth-order valence-corrected chi connectivity index (χ4v) is 1.64. The highest BCUT2D eigenvalue weighted by Gasteiger charge is 2.27. The van der Waals surface area contributed by atoms with Gasteiger partial charge in [0.25, 0.3) is 0 Å². The van der Waals surface area contributed by atoms with Gasteiger partial charge >= 0.3 is 6.18 Å². The summed E-state index contributed by atoms with van der Waals surface area (Å²) in [7, 11) is 0. The summed E-state index contributed by atoms with van der Waals surface area (Å²) in [6.45, 7) is 0.496. The molecule has 1 saturated heterocycles. The van der Waals surface area contributed by atoms with Gasteiger partial charge in [-0.2, -0.15) is 13.2 Å². The topological polar surface area (TPSA) is 15.3 Å². The van der Waals surface area contributed by atoms with Gasteiger partial charge < -0.3 is 10.2 Å². The summed E-state index contributed by atoms with van der Waals surface area (Å²) in [5, 5.41) is 2.45. The molecular weight excluding hydrogens is 213 g/mol. The van der Waals surface area contributed by atoms with Crippen molar-refractivity contribution in [2.75, 3.05) is 19.6 Å². The summed E-state index contributed by atoms with van der Waals surface area (Å²) in [5.41, 5.74) is 0. The van der Waals surface area contributed by atoms with E-state index in [1.54, 1.807) is 4.90 Å². The molecule has 0 aromatic rings. The van der Waals surface area contributed by atoms with Crippen LogP contribution in [0.25, 0.3) is 0 Å². The minimum absolute atomic E-state index is 0.224. The highest BCUT2D eigenvalue weighted by Crippen LogP contribution is 2.13. The molecule has 14 heavy (non-hydrogen) atoms. The molecule has 0 atom stereocenters. The van der Waals surface area contributed by atoms with Gasteiger partial charge in [0.15, 0.2) is 5.11 Å². The van der Waals surface area contributed by atoms with Crippen LogP contribution in [-0.4, -0.2) is 35.8 Å². The van der Waals surface area contributed by atoms with Crippen molar-refractivity contribution >= 4 is 17.3 Å². The van der Waals surface area contributed by atoms with Gasteiger partial charge in [0.2, 0.25) is 0 Å². The predicted molar refractivity (Wildman–Crippen MR) is 52.1 cm³/mol. The van der Waals surface area contributed by atoms with E-state index in [1.807, 2.05) is 0 Å². The number of halogens is 3. The van der Waals surface area contributed by atoms with Crippen molar-refractivity contribution in [2.24, 2.45) is 0 Å². The van der Waals surface area contributed by atoms with E-state index < -0.39 is 12.7 Å². The first-order chi connectivity index (χ1) is 6.49. The van der Waals surface area contributed by atoms with Crippen molar-refractivity contribution in [2.45, 2.75) is 25.4 Å². The second-order valence-electron chi connectivity index (χ2n) is 3.32. The molecule has 1 heterocycles. The molecule has 82 valence electrons. The zero-order valence-corrected chi connectivity index (χ0v) is 8.55. The number of nitrogens with one attached hydrogen (secondary N) is 1. The maximum Gasteiger partial charge on any atom is 0.405 e. The molecule has 6 heteroatoms. The van der Waals surface area contributed by atoms with E-state index in [4.69, 9.17) is 12.2 Å². The third-order valence-electron chi connectivity index (χ3n) is 2.08. The Hall–Kier alpha value is -0.520. The smallest absolute Gasteiger partial charge is 0.354 e. The van der Waals surface area contributed by atoms with Crippen LogP contribution in [0.5, 0.6) is 0 Å². The first-order valence-electron chi connectivity index (χ1n) is 4.58. The van der Waals surface area contributed by atoms with E-state index in [2.05, 4.69) is 5.32 Å². The van der Waals surface area contributed by atoms with E-state index in [0.717, 1.165) is 32.4 Å². The summed E-state index contributed by atoms with van der Waals surface area (Å²) < 4.78 is 35.5. The quantitative estimate of drug-likeness (QED) is 0.688. The summed E-state index contributed by atoms with van der Waals surface area (Å²) in [5.74, 6) is 0. The van der Waals surface area contributed by atoms with Crippen molar-refractivity contribution in [3.63, 3.8) is 0 Å². The van der Waals surface area contributed by atoms with Crippen molar-refractivity contribution in [3.05, 3.63) is 0 Å². The molecule has 0 aromatic heterocycles. The molecule has 1 aliphatic rings. The Kier molecular flexibility index (Phi) is 3.97. The number of hydrogen-bond donors (Lipinski definition) is 1. The van der Waals surface area contributed by atoms with Crippen LogP contribution < -0.4 is 5.32 Å². The van der Waals surface area contributed by atoms with E-state index in [9.17, 15) is 13.2 Å². The average Bonchev–Trinajstić information content (AvgIpc) is 2.14. The Morgan fingerprint density at radius 1 is 1.21 bits per heavy atom. The van der Waals surface area contributed by atoms with Crippen molar-refractivity contribution in [1.82, 2.24) is 10.2 Å². The van der Waals surface area contributed by atoms with Crippen LogP contribution in [0.2, 0.25) is 0 Å². The highest BCUT2D eigenvalue weighted by molar-refractivity contribution is 7.80. The predicted octanol–water partition coefficient (Wildman–Crippen LogP) is 1.91. The van der Waals surface area contributed by atoms with Crippen LogP contribution in [-0.2, 0) is 0 Å². The maximum atomic E-state index is 11.8. The number of nitrogens with zero attached hydrogens (tertiary/aromatic N) is 1. The normalized spacial score (nSPS) is 18.1. The van der Waals surface area contributed by atoms with E-state index in [0.29, 0.717) is 0 Å². The lowest BCUT2D eigenvalue weighted by Gasteiger charge is -2.29. The lowest BCUT2D eigenvalue weighted by atomic mass is 10.1. The van der Waals surface area contributed by atoms with Gasteiger partial charge in [-0.3, -0.25) is 0 Å². The number of likely N-dealkylation sites (tertiary alicyclic amines) is 1. The third kappa shape index (κ3) is 4.13. The monoisotopic (exact) mass is 226 g/mol. The molecule has 0 spiro atoms. The second kappa shape index (κ2) is 4.82. The first-order valence-corrected chi connectivity index (χ1v) is 4.99. The van der Waals surface area contributed by atoms with Gasteiger partial charge in [-0.15, -0.1) is 0 Å². The summed E-state index contributed by atoms with van der Waals surface area (Å²) >= 11 is 4.86. The van der Waals surface area contributed by atoms with Crippen LogP contribution in [0.4, 0.5) is 13.2 Å². The van der Waals surface area contributed by atoms with Crippen molar-refractivity contribution in [3.8, 4) is 0 Å². The van der Waals surface area contributed by atoms with E-state index in [-0.39, 0.29) is 5.11 Å². The van der Waals surface area contributed by atoms with Crippen molar-refractivity contribution in [1.29, 1.82) is 0 Å². The van der Waals surface area contributed by atoms with Crippen molar-refractivity contribution < 1.29 is 13.2 Å². The van der Waals surface area contributed by atoms with Crippen LogP contribution in [0.3, 0.4) is 0 Å². The van der Waals surface area contributed by atoms with Gasteiger partial charge in [-0.05, 0) is 31.5 Å². The zero-order chi connectivity index (χ0) is 10.6. The number of thiocarbonyl (C=S) groups is 1. The molecule has 0 radical (unpaired) electrons. The first kappa shape index (κ1) is 11.6. The van der Waals surface area contributed by atoms with Gasteiger partial charge in [-0.25, -0.2) is 0 Å². The third-order valence-corrected chi connectivity index (χ3v) is 2.49. The highest BCUT2D eigenvalue weighted by atomic mass is 32.1. The Morgan fingerprint density at radius 3 is 2.29 bits per heavy atom. The Labute approximate surface area is 86.5 Å². The lowest BCUT2D eigenvalue weighted by Crippen LogP contribution is -2.45. The molecular formula is C8H13F3N2S. The zero-order valence-electron chi connectivity index (χ0n) is 7.73. The van der Waals surface area contributed by atoms with E-state index in [1.165, 1.54) is 0 Å². The number of hydrogen-bond acceptors (Lipinski definition) is 1. The number of alkyl halides is 3. The number of piperidine rings is 1. The number of rotatable bonds is 1. The molecule has 2 nitrogen and oxygen atoms in total. The molecule has 1 aliphatic heterocycles. The standard InChI is InChI=1S/C8H13F3N2S/c9-8(10,11)6-12-7(14)13-4-2-1-3-5-13/h1-6H2,(H,12,14). The Balaban J connectivity index is 2.27. The molecule has 0 aromatic carbocycles. The molecule has 0 amide bonds. The summed E-state index contributed by atoms with van der Waals surface area (Å²) in [6, 6.07) is 0. The van der Waals surface area contributed by atoms with Gasteiger partial charge in [0.1, 0.15) is 6.54 Å². The molecule has 1 N–H and O–H groups in total. The second-order valence-corrected chi connectivity index (χ2v) is 3.71. The van der Waals surface area contributed by atoms with Crippen LogP contribution in [0.1, 0.15) is 19.3 Å². The Bertz CT molecular complexity index is 199. The Morgan fingerprint density at radius 2 is 1.79 bits per heavy atom. The largest absolute Gasteiger partial charge is 0.405 e. The lowest BCUT2D eigenvalue weighted by molar-refractivity contribution is -0.122. The minimum atomic E-state index is -4.19. The summed E-state index contributed by atoms with van der Waals surface area (Å²) in [6.07, 6.45) is -1.04. The van der Waals surface area contributed by atoms with Gasteiger partial charge in [0, 0.05) is 13.1 Å². The van der Waals surface area contributed by atoms with Crippen LogP contribution in [0, 0.1) is 0 Å². The molecule has 1 fully saturated rings. The SMILES string of the molecule is FC(F)(F)CNC(=S)N1CCCCC1. The van der Waals surface area contributed by atoms with Gasteiger partial charge in [-0.1, -0.05) is 0 Å². The van der Waals surface area contributed by atoms with Crippen LogP contribution in [0.15, 0.2) is 0 Å². The maximum absolute atomic E-state index is 11.8. The average molecular weight is 226 g/mol. The van der Waals surface area contributed by atoms with Crippen LogP contribution >= 0.6 is 12.2 Å². The summed E-state index contributed by atoms with van der Waals surface area (Å²) in [4.78, 5) is 1.80.